The summed E-state index contributed by atoms with van der Waals surface area (Å²) < 4.78 is 7.21. The molecule has 1 aliphatic heterocycles. The average Bonchev–Trinajstić information content (AvgIpc) is 3.61. The molecular formula is C23H24BrN5O2. The number of nitrogens with one attached hydrogen (secondary N) is 3. The van der Waals surface area contributed by atoms with Crippen LogP contribution in [0.4, 0.5) is 11.6 Å². The molecule has 0 spiro atoms. The number of nitrogens with zero attached hydrogens (tertiary/aromatic N) is 2. The first kappa shape index (κ1) is 20.2. The van der Waals surface area contributed by atoms with Gasteiger partial charge in [-0.3, -0.25) is 4.79 Å². The highest BCUT2D eigenvalue weighted by molar-refractivity contribution is 9.10. The van der Waals surface area contributed by atoms with Crippen molar-refractivity contribution >= 4 is 44.4 Å². The maximum absolute atomic E-state index is 12.2. The minimum atomic E-state index is -0.0273. The van der Waals surface area contributed by atoms with Gasteiger partial charge in [0.25, 0.3) is 5.91 Å². The van der Waals surface area contributed by atoms with Crippen LogP contribution < -0.4 is 20.7 Å². The predicted molar refractivity (Wildman–Crippen MR) is 124 cm³/mol. The summed E-state index contributed by atoms with van der Waals surface area (Å²) in [5.41, 5.74) is 2.24. The fourth-order valence-corrected chi connectivity index (χ4v) is 4.06. The lowest BCUT2D eigenvalue weighted by atomic mass is 10.1. The lowest BCUT2D eigenvalue weighted by Gasteiger charge is -2.24. The largest absolute Gasteiger partial charge is 0.488 e. The van der Waals surface area contributed by atoms with Gasteiger partial charge in [0.15, 0.2) is 0 Å². The molecule has 0 radical (unpaired) electrons. The van der Waals surface area contributed by atoms with Crippen LogP contribution in [0.3, 0.4) is 0 Å². The van der Waals surface area contributed by atoms with Crippen molar-refractivity contribution in [2.24, 2.45) is 0 Å². The number of carbonyl (C=O) groups excluding carboxylic acids is 1. The van der Waals surface area contributed by atoms with E-state index in [4.69, 9.17) is 9.72 Å². The number of ether oxygens (including phenoxy) is 1. The number of rotatable bonds is 6. The first-order valence-corrected chi connectivity index (χ1v) is 11.5. The Hall–Kier alpha value is -2.71. The average molecular weight is 482 g/mol. The highest BCUT2D eigenvalue weighted by Crippen LogP contribution is 2.32. The third-order valence-electron chi connectivity index (χ3n) is 5.56. The number of hydrogen-bond acceptors (Lipinski definition) is 6. The normalized spacial score (nSPS) is 16.8. The van der Waals surface area contributed by atoms with Crippen molar-refractivity contribution in [1.29, 1.82) is 0 Å². The number of halogens is 1. The highest BCUT2D eigenvalue weighted by atomic mass is 79.9. The number of amides is 1. The Morgan fingerprint density at radius 3 is 2.58 bits per heavy atom. The molecule has 5 rings (SSSR count). The van der Waals surface area contributed by atoms with Gasteiger partial charge in [-0.25, -0.2) is 9.97 Å². The van der Waals surface area contributed by atoms with Crippen LogP contribution in [-0.4, -0.2) is 41.1 Å². The first-order chi connectivity index (χ1) is 15.2. The van der Waals surface area contributed by atoms with Crippen molar-refractivity contribution in [1.82, 2.24) is 20.6 Å². The summed E-state index contributed by atoms with van der Waals surface area (Å²) in [7, 11) is 0. The van der Waals surface area contributed by atoms with Crippen molar-refractivity contribution in [3.63, 3.8) is 0 Å². The number of aromatic nitrogens is 2. The van der Waals surface area contributed by atoms with E-state index in [0.29, 0.717) is 17.6 Å². The second-order valence-electron chi connectivity index (χ2n) is 8.02. The van der Waals surface area contributed by atoms with Crippen molar-refractivity contribution in [2.75, 3.05) is 18.4 Å². The van der Waals surface area contributed by atoms with Crippen LogP contribution in [0.15, 0.2) is 47.1 Å². The Bertz CT molecular complexity index is 1100. The molecule has 1 aliphatic carbocycles. The van der Waals surface area contributed by atoms with Gasteiger partial charge in [0, 0.05) is 33.3 Å². The maximum Gasteiger partial charge on any atom is 0.251 e. The fourth-order valence-electron chi connectivity index (χ4n) is 3.64. The Morgan fingerprint density at radius 1 is 1.06 bits per heavy atom. The Balaban J connectivity index is 1.35. The third kappa shape index (κ3) is 4.80. The molecule has 3 aromatic rings. The molecule has 2 aliphatic rings. The van der Waals surface area contributed by atoms with Gasteiger partial charge in [-0.15, -0.1) is 0 Å². The van der Waals surface area contributed by atoms with Crippen molar-refractivity contribution in [3.05, 3.63) is 52.6 Å². The quantitative estimate of drug-likeness (QED) is 0.489. The molecule has 3 N–H and O–H groups in total. The van der Waals surface area contributed by atoms with E-state index < -0.39 is 0 Å². The van der Waals surface area contributed by atoms with E-state index in [1.54, 1.807) is 6.20 Å². The number of piperidine rings is 1. The van der Waals surface area contributed by atoms with E-state index >= 15 is 0 Å². The zero-order chi connectivity index (χ0) is 21.2. The molecule has 0 bridgehead atoms. The molecule has 8 heteroatoms. The summed E-state index contributed by atoms with van der Waals surface area (Å²) >= 11 is 3.59. The molecular weight excluding hydrogens is 458 g/mol. The van der Waals surface area contributed by atoms with Gasteiger partial charge in [-0.05, 0) is 75.2 Å². The molecule has 7 nitrogen and oxygen atoms in total. The molecule has 0 unspecified atom stereocenters. The van der Waals surface area contributed by atoms with Gasteiger partial charge < -0.3 is 20.7 Å². The number of anilines is 2. The second-order valence-corrected chi connectivity index (χ2v) is 8.87. The number of hydrogen-bond donors (Lipinski definition) is 3. The topological polar surface area (TPSA) is 88.2 Å². The van der Waals surface area contributed by atoms with Crippen LogP contribution in [0, 0.1) is 0 Å². The molecule has 160 valence electrons. The molecule has 2 fully saturated rings. The van der Waals surface area contributed by atoms with Crippen LogP contribution in [0.2, 0.25) is 0 Å². The molecule has 1 amide bonds. The Kier molecular flexibility index (Phi) is 5.74. The van der Waals surface area contributed by atoms with Gasteiger partial charge in [0.2, 0.25) is 5.95 Å². The minimum absolute atomic E-state index is 0.0273. The van der Waals surface area contributed by atoms with E-state index in [-0.39, 0.29) is 12.0 Å². The minimum Gasteiger partial charge on any atom is -0.488 e. The van der Waals surface area contributed by atoms with Crippen LogP contribution in [0.25, 0.3) is 10.9 Å². The summed E-state index contributed by atoms with van der Waals surface area (Å²) in [4.78, 5) is 21.4. The predicted octanol–water partition coefficient (Wildman–Crippen LogP) is 4.16. The van der Waals surface area contributed by atoms with Gasteiger partial charge in [0.1, 0.15) is 17.4 Å². The number of carbonyl (C=O) groups is 1. The van der Waals surface area contributed by atoms with Crippen LogP contribution >= 0.6 is 15.9 Å². The fraction of sp³-hybridized carbons (Fsp3) is 0.348. The van der Waals surface area contributed by atoms with Crippen molar-refractivity contribution < 1.29 is 9.53 Å². The Labute approximate surface area is 189 Å². The molecule has 31 heavy (non-hydrogen) atoms. The Morgan fingerprint density at radius 2 is 1.84 bits per heavy atom. The SMILES string of the molecule is O=C(NC1CC1)c1ccc(Nc2ncc3c(Br)ccc(OC4CCNCC4)c3n2)cc1. The van der Waals surface area contributed by atoms with Gasteiger partial charge in [-0.1, -0.05) is 15.9 Å². The lowest BCUT2D eigenvalue weighted by molar-refractivity contribution is 0.0951. The van der Waals surface area contributed by atoms with Gasteiger partial charge >= 0.3 is 0 Å². The first-order valence-electron chi connectivity index (χ1n) is 10.7. The zero-order valence-corrected chi connectivity index (χ0v) is 18.6. The molecule has 1 saturated heterocycles. The highest BCUT2D eigenvalue weighted by Gasteiger charge is 2.23. The van der Waals surface area contributed by atoms with Gasteiger partial charge in [0.05, 0.1) is 0 Å². The van der Waals surface area contributed by atoms with Crippen molar-refractivity contribution in [3.8, 4) is 5.75 Å². The summed E-state index contributed by atoms with van der Waals surface area (Å²) in [6, 6.07) is 11.6. The maximum atomic E-state index is 12.2. The summed E-state index contributed by atoms with van der Waals surface area (Å²) in [5.74, 6) is 1.22. The molecule has 1 saturated carbocycles. The standard InChI is InChI=1S/C23H24BrN5O2/c24-19-7-8-20(31-17-9-11-25-12-10-17)21-18(19)13-26-23(29-21)28-16-3-1-14(2-4-16)22(30)27-15-5-6-15/h1-4,7-8,13,15,17,25H,5-6,9-12H2,(H,27,30)(H,26,28,29). The van der Waals surface area contributed by atoms with E-state index in [1.165, 1.54) is 0 Å². The van der Waals surface area contributed by atoms with E-state index in [1.807, 2.05) is 36.4 Å². The van der Waals surface area contributed by atoms with Gasteiger partial charge in [-0.2, -0.15) is 0 Å². The molecule has 2 heterocycles. The van der Waals surface area contributed by atoms with Crippen LogP contribution in [0.1, 0.15) is 36.0 Å². The summed E-state index contributed by atoms with van der Waals surface area (Å²) in [6.45, 7) is 1.94. The van der Waals surface area contributed by atoms with E-state index in [0.717, 1.165) is 65.6 Å². The van der Waals surface area contributed by atoms with E-state index in [2.05, 4.69) is 36.9 Å². The molecule has 1 aromatic heterocycles. The lowest BCUT2D eigenvalue weighted by Crippen LogP contribution is -2.34. The molecule has 2 aromatic carbocycles. The van der Waals surface area contributed by atoms with Crippen LogP contribution in [0.5, 0.6) is 5.75 Å². The monoisotopic (exact) mass is 481 g/mol. The summed E-state index contributed by atoms with van der Waals surface area (Å²) in [5, 5.41) is 10.5. The second kappa shape index (κ2) is 8.80. The zero-order valence-electron chi connectivity index (χ0n) is 17.0. The number of fused-ring (bicyclic) bond motifs is 1. The van der Waals surface area contributed by atoms with Crippen molar-refractivity contribution in [2.45, 2.75) is 37.8 Å². The smallest absolute Gasteiger partial charge is 0.251 e. The summed E-state index contributed by atoms with van der Waals surface area (Å²) in [6.07, 6.45) is 6.09. The van der Waals surface area contributed by atoms with Crippen LogP contribution in [-0.2, 0) is 0 Å². The van der Waals surface area contributed by atoms with E-state index in [9.17, 15) is 4.79 Å². The molecule has 0 atom stereocenters. The third-order valence-corrected chi connectivity index (χ3v) is 6.25. The number of benzene rings is 2.